The van der Waals surface area contributed by atoms with Gasteiger partial charge in [0.05, 0.1) is 6.33 Å². The van der Waals surface area contributed by atoms with E-state index in [0.717, 1.165) is 25.3 Å². The molecule has 19 heavy (non-hydrogen) atoms. The van der Waals surface area contributed by atoms with Crippen molar-refractivity contribution in [1.29, 1.82) is 0 Å². The molecule has 96 valence electrons. The molecule has 0 unspecified atom stereocenters. The summed E-state index contributed by atoms with van der Waals surface area (Å²) in [4.78, 5) is 8.44. The zero-order valence-electron chi connectivity index (χ0n) is 10.7. The molecule has 3 rings (SSSR count). The van der Waals surface area contributed by atoms with Gasteiger partial charge >= 0.3 is 0 Å². The normalized spacial score (nSPS) is 10.7. The van der Waals surface area contributed by atoms with Crippen LogP contribution in [0.4, 0.5) is 5.82 Å². The molecule has 4 heteroatoms. The van der Waals surface area contributed by atoms with Crippen molar-refractivity contribution < 1.29 is 0 Å². The van der Waals surface area contributed by atoms with E-state index >= 15 is 0 Å². The van der Waals surface area contributed by atoms with Crippen LogP contribution in [0.2, 0.25) is 0 Å². The van der Waals surface area contributed by atoms with E-state index in [0.29, 0.717) is 0 Å². The number of imidazole rings is 1. The Bertz CT molecular complexity index is 641. The number of hydrogen-bond acceptors (Lipinski definition) is 3. The van der Waals surface area contributed by atoms with Crippen LogP contribution in [0.25, 0.3) is 10.8 Å². The lowest BCUT2D eigenvalue weighted by molar-refractivity contribution is 0.660. The number of fused-ring (bicyclic) bond motifs is 1. The summed E-state index contributed by atoms with van der Waals surface area (Å²) in [7, 11) is 0. The van der Waals surface area contributed by atoms with Crippen LogP contribution in [-0.4, -0.2) is 21.1 Å². The predicted molar refractivity (Wildman–Crippen MR) is 77.1 cm³/mol. The highest BCUT2D eigenvalue weighted by molar-refractivity contribution is 5.91. The molecule has 0 aliphatic rings. The second kappa shape index (κ2) is 5.52. The minimum atomic E-state index is 0.902. The minimum Gasteiger partial charge on any atom is -0.369 e. The lowest BCUT2D eigenvalue weighted by atomic mass is 10.1. The molecular weight excluding hydrogens is 236 g/mol. The molecule has 0 atom stereocenters. The third-order valence-electron chi connectivity index (χ3n) is 3.12. The van der Waals surface area contributed by atoms with Gasteiger partial charge in [0.2, 0.25) is 0 Å². The molecule has 0 radical (unpaired) electrons. The first-order chi connectivity index (χ1) is 9.43. The lowest BCUT2D eigenvalue weighted by Crippen LogP contribution is -2.07. The Morgan fingerprint density at radius 3 is 2.95 bits per heavy atom. The second-order valence-corrected chi connectivity index (χ2v) is 4.46. The SMILES string of the molecule is c1ccc2c(NCCCn3ccnc3)nccc2c1. The number of pyridine rings is 1. The molecule has 0 saturated carbocycles. The first-order valence-corrected chi connectivity index (χ1v) is 6.47. The summed E-state index contributed by atoms with van der Waals surface area (Å²) in [6.07, 6.45) is 8.52. The second-order valence-electron chi connectivity index (χ2n) is 4.46. The molecule has 0 amide bonds. The number of hydrogen-bond donors (Lipinski definition) is 1. The van der Waals surface area contributed by atoms with Crippen molar-refractivity contribution in [1.82, 2.24) is 14.5 Å². The fourth-order valence-corrected chi connectivity index (χ4v) is 2.15. The van der Waals surface area contributed by atoms with E-state index in [-0.39, 0.29) is 0 Å². The molecule has 0 aliphatic carbocycles. The van der Waals surface area contributed by atoms with Crippen LogP contribution >= 0.6 is 0 Å². The van der Waals surface area contributed by atoms with Crippen LogP contribution in [0.1, 0.15) is 6.42 Å². The highest BCUT2D eigenvalue weighted by Crippen LogP contribution is 2.20. The van der Waals surface area contributed by atoms with Crippen LogP contribution < -0.4 is 5.32 Å². The zero-order valence-corrected chi connectivity index (χ0v) is 10.7. The summed E-state index contributed by atoms with van der Waals surface area (Å²) >= 11 is 0. The number of rotatable bonds is 5. The van der Waals surface area contributed by atoms with Crippen molar-refractivity contribution in [2.45, 2.75) is 13.0 Å². The molecule has 0 aliphatic heterocycles. The summed E-state index contributed by atoms with van der Waals surface area (Å²) in [5.74, 6) is 0.962. The van der Waals surface area contributed by atoms with Crippen molar-refractivity contribution in [2.24, 2.45) is 0 Å². The highest BCUT2D eigenvalue weighted by atomic mass is 15.0. The number of aromatic nitrogens is 3. The largest absolute Gasteiger partial charge is 0.369 e. The number of aryl methyl sites for hydroxylation is 1. The standard InChI is InChI=1S/C15H16N4/c1-2-5-14-13(4-1)6-8-18-15(14)17-7-3-10-19-11-9-16-12-19/h1-2,4-6,8-9,11-12H,3,7,10H2,(H,17,18). The van der Waals surface area contributed by atoms with E-state index in [1.807, 2.05) is 36.9 Å². The van der Waals surface area contributed by atoms with Gasteiger partial charge in [-0.2, -0.15) is 0 Å². The Morgan fingerprint density at radius 2 is 2.05 bits per heavy atom. The van der Waals surface area contributed by atoms with Gasteiger partial charge in [0.25, 0.3) is 0 Å². The molecule has 0 spiro atoms. The molecule has 1 N–H and O–H groups in total. The van der Waals surface area contributed by atoms with Gasteiger partial charge in [-0.05, 0) is 17.9 Å². The van der Waals surface area contributed by atoms with E-state index in [1.165, 1.54) is 10.8 Å². The molecule has 2 aromatic heterocycles. The topological polar surface area (TPSA) is 42.7 Å². The molecule has 3 aromatic rings. The maximum absolute atomic E-state index is 4.41. The van der Waals surface area contributed by atoms with E-state index in [4.69, 9.17) is 0 Å². The van der Waals surface area contributed by atoms with Crippen LogP contribution in [0.5, 0.6) is 0 Å². The van der Waals surface area contributed by atoms with Crippen molar-refractivity contribution in [2.75, 3.05) is 11.9 Å². The Labute approximate surface area is 112 Å². The van der Waals surface area contributed by atoms with E-state index in [9.17, 15) is 0 Å². The maximum Gasteiger partial charge on any atom is 0.133 e. The summed E-state index contributed by atoms with van der Waals surface area (Å²) in [5, 5.41) is 5.80. The monoisotopic (exact) mass is 252 g/mol. The summed E-state index contributed by atoms with van der Waals surface area (Å²) in [6, 6.07) is 10.3. The first-order valence-electron chi connectivity index (χ1n) is 6.47. The first kappa shape index (κ1) is 11.7. The van der Waals surface area contributed by atoms with Gasteiger partial charge in [0, 0.05) is 37.1 Å². The summed E-state index contributed by atoms with van der Waals surface area (Å²) in [5.41, 5.74) is 0. The predicted octanol–water partition coefficient (Wildman–Crippen LogP) is 2.93. The average Bonchev–Trinajstić information content (AvgIpc) is 2.97. The van der Waals surface area contributed by atoms with E-state index < -0.39 is 0 Å². The van der Waals surface area contributed by atoms with E-state index in [1.54, 1.807) is 6.20 Å². The average molecular weight is 252 g/mol. The Hall–Kier alpha value is -2.36. The Morgan fingerprint density at radius 1 is 1.11 bits per heavy atom. The van der Waals surface area contributed by atoms with Crippen molar-refractivity contribution in [3.8, 4) is 0 Å². The van der Waals surface area contributed by atoms with Crippen LogP contribution in [0.3, 0.4) is 0 Å². The van der Waals surface area contributed by atoms with Gasteiger partial charge in [0.1, 0.15) is 5.82 Å². The third kappa shape index (κ3) is 2.73. The van der Waals surface area contributed by atoms with Crippen molar-refractivity contribution >= 4 is 16.6 Å². The van der Waals surface area contributed by atoms with Crippen LogP contribution in [-0.2, 0) is 6.54 Å². The zero-order chi connectivity index (χ0) is 12.9. The molecule has 4 nitrogen and oxygen atoms in total. The van der Waals surface area contributed by atoms with Gasteiger partial charge in [-0.3, -0.25) is 0 Å². The fraction of sp³-hybridized carbons (Fsp3) is 0.200. The molecule has 0 bridgehead atoms. The quantitative estimate of drug-likeness (QED) is 0.710. The van der Waals surface area contributed by atoms with Crippen molar-refractivity contribution in [3.63, 3.8) is 0 Å². The third-order valence-corrected chi connectivity index (χ3v) is 3.12. The van der Waals surface area contributed by atoms with Crippen LogP contribution in [0, 0.1) is 0 Å². The highest BCUT2D eigenvalue weighted by Gasteiger charge is 2.00. The number of nitrogens with one attached hydrogen (secondary N) is 1. The van der Waals surface area contributed by atoms with Gasteiger partial charge < -0.3 is 9.88 Å². The number of anilines is 1. The molecule has 2 heterocycles. The van der Waals surface area contributed by atoms with E-state index in [2.05, 4.69) is 32.0 Å². The van der Waals surface area contributed by atoms with Crippen molar-refractivity contribution in [3.05, 3.63) is 55.2 Å². The Balaban J connectivity index is 1.62. The number of benzene rings is 1. The smallest absolute Gasteiger partial charge is 0.133 e. The Kier molecular flexibility index (Phi) is 3.40. The molecule has 0 saturated heterocycles. The summed E-state index contributed by atoms with van der Waals surface area (Å²) in [6.45, 7) is 1.87. The lowest BCUT2D eigenvalue weighted by Gasteiger charge is -2.08. The van der Waals surface area contributed by atoms with Gasteiger partial charge in [-0.1, -0.05) is 24.3 Å². The maximum atomic E-state index is 4.41. The van der Waals surface area contributed by atoms with Gasteiger partial charge in [-0.15, -0.1) is 0 Å². The molecule has 1 aromatic carbocycles. The number of nitrogens with zero attached hydrogens (tertiary/aromatic N) is 3. The molecular formula is C15H16N4. The fourth-order valence-electron chi connectivity index (χ4n) is 2.15. The van der Waals surface area contributed by atoms with Gasteiger partial charge in [-0.25, -0.2) is 9.97 Å². The van der Waals surface area contributed by atoms with Crippen LogP contribution in [0.15, 0.2) is 55.2 Å². The van der Waals surface area contributed by atoms with Gasteiger partial charge in [0.15, 0.2) is 0 Å². The minimum absolute atomic E-state index is 0.902. The molecule has 0 fully saturated rings. The summed E-state index contributed by atoms with van der Waals surface area (Å²) < 4.78 is 2.08.